The van der Waals surface area contributed by atoms with Crippen LogP contribution in [0.5, 0.6) is 0 Å². The van der Waals surface area contributed by atoms with Gasteiger partial charge in [0, 0.05) is 31.8 Å². The molecule has 0 fully saturated rings. The molecule has 0 radical (unpaired) electrons. The summed E-state index contributed by atoms with van der Waals surface area (Å²) in [7, 11) is 1.53. The molecule has 0 saturated carbocycles. The van der Waals surface area contributed by atoms with Crippen molar-refractivity contribution in [2.75, 3.05) is 32.1 Å². The normalized spacial score (nSPS) is 10.0. The number of methoxy groups -OCH3 is 1. The first-order valence-corrected chi connectivity index (χ1v) is 6.59. The highest BCUT2D eigenvalue weighted by Crippen LogP contribution is 2.11. The summed E-state index contributed by atoms with van der Waals surface area (Å²) in [5, 5.41) is 2.67. The summed E-state index contributed by atoms with van der Waals surface area (Å²) < 4.78 is 4.90. The van der Waals surface area contributed by atoms with E-state index in [9.17, 15) is 14.4 Å². The molecule has 1 aromatic rings. The minimum Gasteiger partial charge on any atom is -0.383 e. The van der Waals surface area contributed by atoms with Crippen LogP contribution in [-0.2, 0) is 14.3 Å². The second-order valence-corrected chi connectivity index (χ2v) is 4.62. The molecule has 6 heteroatoms. The van der Waals surface area contributed by atoms with E-state index >= 15 is 0 Å². The lowest BCUT2D eigenvalue weighted by Crippen LogP contribution is -2.38. The Morgan fingerprint density at radius 2 is 1.95 bits per heavy atom. The Labute approximate surface area is 124 Å². The van der Waals surface area contributed by atoms with Crippen molar-refractivity contribution in [3.8, 4) is 0 Å². The number of nitrogens with zero attached hydrogens (tertiary/aromatic N) is 1. The van der Waals surface area contributed by atoms with Crippen molar-refractivity contribution in [1.82, 2.24) is 4.90 Å². The molecule has 0 aromatic heterocycles. The van der Waals surface area contributed by atoms with Gasteiger partial charge in [0.1, 0.15) is 0 Å². The van der Waals surface area contributed by atoms with E-state index in [1.165, 1.54) is 25.9 Å². The van der Waals surface area contributed by atoms with E-state index in [2.05, 4.69) is 5.32 Å². The molecule has 0 spiro atoms. The topological polar surface area (TPSA) is 75.7 Å². The van der Waals surface area contributed by atoms with E-state index in [1.54, 1.807) is 24.3 Å². The maximum atomic E-state index is 11.9. The largest absolute Gasteiger partial charge is 0.383 e. The van der Waals surface area contributed by atoms with Crippen LogP contribution in [0.1, 0.15) is 24.2 Å². The number of amides is 2. The first-order chi connectivity index (χ1) is 9.93. The van der Waals surface area contributed by atoms with Crippen LogP contribution in [-0.4, -0.2) is 49.3 Å². The number of anilines is 1. The van der Waals surface area contributed by atoms with Crippen molar-refractivity contribution in [3.63, 3.8) is 0 Å². The van der Waals surface area contributed by atoms with E-state index in [-0.39, 0.29) is 24.1 Å². The zero-order chi connectivity index (χ0) is 15.8. The van der Waals surface area contributed by atoms with Gasteiger partial charge in [-0.2, -0.15) is 0 Å². The van der Waals surface area contributed by atoms with Gasteiger partial charge < -0.3 is 15.0 Å². The molecule has 0 unspecified atom stereocenters. The summed E-state index contributed by atoms with van der Waals surface area (Å²) in [5.74, 6) is -0.585. The van der Waals surface area contributed by atoms with Gasteiger partial charge >= 0.3 is 0 Å². The van der Waals surface area contributed by atoms with Crippen LogP contribution >= 0.6 is 0 Å². The van der Waals surface area contributed by atoms with Gasteiger partial charge in [-0.3, -0.25) is 14.4 Å². The standard InChI is InChI=1S/C15H20N2O4/c1-11(18)13-5-4-6-14(9-13)16-15(20)10-17(12(2)19)7-8-21-3/h4-6,9H,7-8,10H2,1-3H3,(H,16,20). The lowest BCUT2D eigenvalue weighted by atomic mass is 10.1. The number of carbonyl (C=O) groups excluding carboxylic acids is 3. The third kappa shape index (κ3) is 5.74. The summed E-state index contributed by atoms with van der Waals surface area (Å²) in [6.45, 7) is 3.53. The van der Waals surface area contributed by atoms with Gasteiger partial charge in [-0.1, -0.05) is 12.1 Å². The fraction of sp³-hybridized carbons (Fsp3) is 0.400. The Morgan fingerprint density at radius 1 is 1.24 bits per heavy atom. The van der Waals surface area contributed by atoms with Crippen molar-refractivity contribution >= 4 is 23.3 Å². The van der Waals surface area contributed by atoms with Crippen LogP contribution in [0, 0.1) is 0 Å². The predicted octanol–water partition coefficient (Wildman–Crippen LogP) is 1.32. The van der Waals surface area contributed by atoms with Gasteiger partial charge in [0.15, 0.2) is 5.78 Å². The van der Waals surface area contributed by atoms with Crippen LogP contribution in [0.3, 0.4) is 0 Å². The molecule has 2 amide bonds. The fourth-order valence-electron chi connectivity index (χ4n) is 1.74. The number of rotatable bonds is 7. The van der Waals surface area contributed by atoms with Crippen LogP contribution in [0.15, 0.2) is 24.3 Å². The minimum absolute atomic E-state index is 0.0526. The van der Waals surface area contributed by atoms with E-state index in [4.69, 9.17) is 4.74 Å². The molecule has 114 valence electrons. The quantitative estimate of drug-likeness (QED) is 0.769. The third-order valence-electron chi connectivity index (χ3n) is 2.90. The lowest BCUT2D eigenvalue weighted by Gasteiger charge is -2.20. The molecule has 1 rings (SSSR count). The van der Waals surface area contributed by atoms with Gasteiger partial charge in [-0.25, -0.2) is 0 Å². The summed E-state index contributed by atoms with van der Waals surface area (Å²) >= 11 is 0. The molecule has 0 heterocycles. The molecular weight excluding hydrogens is 272 g/mol. The average Bonchev–Trinajstić information content (AvgIpc) is 2.43. The molecule has 1 N–H and O–H groups in total. The highest BCUT2D eigenvalue weighted by molar-refractivity contribution is 5.98. The van der Waals surface area contributed by atoms with Crippen LogP contribution in [0.2, 0.25) is 0 Å². The Balaban J connectivity index is 2.65. The SMILES string of the molecule is COCCN(CC(=O)Nc1cccc(C(C)=O)c1)C(C)=O. The maximum absolute atomic E-state index is 11.9. The lowest BCUT2D eigenvalue weighted by molar-refractivity contribution is -0.133. The number of ether oxygens (including phenoxy) is 1. The monoisotopic (exact) mass is 292 g/mol. The minimum atomic E-state index is -0.318. The molecule has 0 atom stereocenters. The van der Waals surface area contributed by atoms with Crippen LogP contribution in [0.4, 0.5) is 5.69 Å². The number of carbonyl (C=O) groups is 3. The highest BCUT2D eigenvalue weighted by Gasteiger charge is 2.13. The van der Waals surface area contributed by atoms with E-state index in [0.717, 1.165) is 0 Å². The second-order valence-electron chi connectivity index (χ2n) is 4.62. The summed E-state index contributed by atoms with van der Waals surface area (Å²) in [6.07, 6.45) is 0. The van der Waals surface area contributed by atoms with Crippen molar-refractivity contribution < 1.29 is 19.1 Å². The first kappa shape index (κ1) is 16.8. The number of ketones is 1. The summed E-state index contributed by atoms with van der Waals surface area (Å²) in [6, 6.07) is 6.67. The van der Waals surface area contributed by atoms with E-state index in [0.29, 0.717) is 24.4 Å². The maximum Gasteiger partial charge on any atom is 0.243 e. The van der Waals surface area contributed by atoms with Gasteiger partial charge in [-0.15, -0.1) is 0 Å². The molecule has 1 aromatic carbocycles. The Kier molecular flexibility index (Phi) is 6.55. The number of nitrogens with one attached hydrogen (secondary N) is 1. The zero-order valence-electron chi connectivity index (χ0n) is 12.5. The molecule has 0 bridgehead atoms. The number of Topliss-reactive ketones (excluding diaryl/α,β-unsaturated/α-hetero) is 1. The molecule has 0 aliphatic carbocycles. The Hall–Kier alpha value is -2.21. The summed E-state index contributed by atoms with van der Waals surface area (Å²) in [4.78, 5) is 36.1. The first-order valence-electron chi connectivity index (χ1n) is 6.59. The van der Waals surface area contributed by atoms with E-state index < -0.39 is 0 Å². The Bertz CT molecular complexity index is 528. The number of hydrogen-bond donors (Lipinski definition) is 1. The van der Waals surface area contributed by atoms with Crippen LogP contribution < -0.4 is 5.32 Å². The van der Waals surface area contributed by atoms with Crippen molar-refractivity contribution in [3.05, 3.63) is 29.8 Å². The molecular formula is C15H20N2O4. The number of benzene rings is 1. The van der Waals surface area contributed by atoms with Crippen molar-refractivity contribution in [1.29, 1.82) is 0 Å². The number of hydrogen-bond acceptors (Lipinski definition) is 4. The van der Waals surface area contributed by atoms with Gasteiger partial charge in [0.05, 0.1) is 13.2 Å². The van der Waals surface area contributed by atoms with Gasteiger partial charge in [0.2, 0.25) is 11.8 Å². The molecule has 21 heavy (non-hydrogen) atoms. The Morgan fingerprint density at radius 3 is 2.52 bits per heavy atom. The van der Waals surface area contributed by atoms with Crippen LogP contribution in [0.25, 0.3) is 0 Å². The van der Waals surface area contributed by atoms with Crippen molar-refractivity contribution in [2.45, 2.75) is 13.8 Å². The second kappa shape index (κ2) is 8.16. The zero-order valence-corrected chi connectivity index (χ0v) is 12.5. The predicted molar refractivity (Wildman–Crippen MR) is 79.2 cm³/mol. The molecule has 6 nitrogen and oxygen atoms in total. The highest BCUT2D eigenvalue weighted by atomic mass is 16.5. The average molecular weight is 292 g/mol. The van der Waals surface area contributed by atoms with Crippen molar-refractivity contribution in [2.24, 2.45) is 0 Å². The van der Waals surface area contributed by atoms with Gasteiger partial charge in [-0.05, 0) is 19.1 Å². The third-order valence-corrected chi connectivity index (χ3v) is 2.90. The molecule has 0 aliphatic rings. The smallest absolute Gasteiger partial charge is 0.243 e. The molecule has 0 aliphatic heterocycles. The summed E-state index contributed by atoms with van der Waals surface area (Å²) in [5.41, 5.74) is 1.05. The molecule has 0 saturated heterocycles. The van der Waals surface area contributed by atoms with E-state index in [1.807, 2.05) is 0 Å². The fourth-order valence-corrected chi connectivity index (χ4v) is 1.74. The van der Waals surface area contributed by atoms with Gasteiger partial charge in [0.25, 0.3) is 0 Å².